The van der Waals surface area contributed by atoms with Gasteiger partial charge in [0.2, 0.25) is 0 Å². The van der Waals surface area contributed by atoms with E-state index < -0.39 is 0 Å². The second-order valence-corrected chi connectivity index (χ2v) is 4.08. The molecule has 0 aliphatic heterocycles. The van der Waals surface area contributed by atoms with Crippen LogP contribution < -0.4 is 16.0 Å². The summed E-state index contributed by atoms with van der Waals surface area (Å²) in [5, 5.41) is 3.36. The average Bonchev–Trinajstić information content (AvgIpc) is 2.26. The third-order valence-corrected chi connectivity index (χ3v) is 2.46. The van der Waals surface area contributed by atoms with Gasteiger partial charge in [-0.3, -0.25) is 0 Å². The standard InChI is InChI=1S/C12H21N3/c1-10(8-13)14-9-11-4-6-12(7-5-11)15(2)3/h4-7,10,14H,8-9,13H2,1-3H3/t10-/m1/s1. The van der Waals surface area contributed by atoms with Crippen molar-refractivity contribution in [3.63, 3.8) is 0 Å². The molecule has 0 unspecified atom stereocenters. The molecule has 1 aromatic carbocycles. The van der Waals surface area contributed by atoms with E-state index in [0.717, 1.165) is 6.54 Å². The van der Waals surface area contributed by atoms with E-state index >= 15 is 0 Å². The van der Waals surface area contributed by atoms with Crippen LogP contribution in [0.3, 0.4) is 0 Å². The molecule has 1 rings (SSSR count). The fourth-order valence-corrected chi connectivity index (χ4v) is 1.29. The third kappa shape index (κ3) is 3.90. The quantitative estimate of drug-likeness (QED) is 0.762. The molecule has 0 bridgehead atoms. The van der Waals surface area contributed by atoms with Crippen LogP contribution in [-0.2, 0) is 6.54 Å². The van der Waals surface area contributed by atoms with Gasteiger partial charge in [-0.15, -0.1) is 0 Å². The monoisotopic (exact) mass is 207 g/mol. The van der Waals surface area contributed by atoms with Crippen LogP contribution >= 0.6 is 0 Å². The first kappa shape index (κ1) is 12.0. The average molecular weight is 207 g/mol. The Morgan fingerprint density at radius 3 is 2.33 bits per heavy atom. The van der Waals surface area contributed by atoms with Gasteiger partial charge in [0.05, 0.1) is 0 Å². The Morgan fingerprint density at radius 2 is 1.87 bits per heavy atom. The van der Waals surface area contributed by atoms with Crippen LogP contribution in [0, 0.1) is 0 Å². The third-order valence-electron chi connectivity index (χ3n) is 2.46. The lowest BCUT2D eigenvalue weighted by atomic mass is 10.2. The Morgan fingerprint density at radius 1 is 1.27 bits per heavy atom. The van der Waals surface area contributed by atoms with Gasteiger partial charge < -0.3 is 16.0 Å². The Balaban J connectivity index is 2.50. The highest BCUT2D eigenvalue weighted by molar-refractivity contribution is 5.45. The lowest BCUT2D eigenvalue weighted by Crippen LogP contribution is -2.32. The fourth-order valence-electron chi connectivity index (χ4n) is 1.29. The van der Waals surface area contributed by atoms with Gasteiger partial charge in [-0.05, 0) is 24.6 Å². The van der Waals surface area contributed by atoms with Crippen molar-refractivity contribution in [3.8, 4) is 0 Å². The van der Waals surface area contributed by atoms with E-state index in [0.29, 0.717) is 12.6 Å². The van der Waals surface area contributed by atoms with Crippen molar-refractivity contribution in [2.24, 2.45) is 5.73 Å². The van der Waals surface area contributed by atoms with Crippen molar-refractivity contribution in [1.82, 2.24) is 5.32 Å². The molecule has 0 aliphatic rings. The van der Waals surface area contributed by atoms with Crippen LogP contribution in [0.1, 0.15) is 12.5 Å². The largest absolute Gasteiger partial charge is 0.378 e. The maximum atomic E-state index is 5.53. The molecule has 1 aromatic rings. The minimum absolute atomic E-state index is 0.374. The predicted octanol–water partition coefficient (Wildman–Crippen LogP) is 1.19. The van der Waals surface area contributed by atoms with Crippen LogP contribution in [-0.4, -0.2) is 26.7 Å². The zero-order valence-corrected chi connectivity index (χ0v) is 9.83. The van der Waals surface area contributed by atoms with Crippen molar-refractivity contribution in [2.75, 3.05) is 25.5 Å². The van der Waals surface area contributed by atoms with Crippen molar-refractivity contribution in [2.45, 2.75) is 19.5 Å². The molecule has 0 amide bonds. The van der Waals surface area contributed by atoms with E-state index in [2.05, 4.69) is 41.4 Å². The maximum absolute atomic E-state index is 5.53. The SMILES string of the molecule is C[C@H](CN)NCc1ccc(N(C)C)cc1. The highest BCUT2D eigenvalue weighted by Gasteiger charge is 1.99. The molecule has 84 valence electrons. The number of anilines is 1. The van der Waals surface area contributed by atoms with Crippen molar-refractivity contribution >= 4 is 5.69 Å². The molecule has 1 atom stereocenters. The molecule has 0 fully saturated rings. The Labute approximate surface area is 92.3 Å². The van der Waals surface area contributed by atoms with Crippen LogP contribution in [0.4, 0.5) is 5.69 Å². The molecule has 3 heteroatoms. The molecular weight excluding hydrogens is 186 g/mol. The first-order chi connectivity index (χ1) is 7.13. The topological polar surface area (TPSA) is 41.3 Å². The number of hydrogen-bond donors (Lipinski definition) is 2. The highest BCUT2D eigenvalue weighted by atomic mass is 15.1. The summed E-state index contributed by atoms with van der Waals surface area (Å²) in [4.78, 5) is 2.10. The first-order valence-corrected chi connectivity index (χ1v) is 5.33. The first-order valence-electron chi connectivity index (χ1n) is 5.33. The van der Waals surface area contributed by atoms with Gasteiger partial charge in [0.15, 0.2) is 0 Å². The number of nitrogens with two attached hydrogens (primary N) is 1. The molecule has 0 spiro atoms. The number of nitrogens with one attached hydrogen (secondary N) is 1. The molecule has 0 saturated heterocycles. The van der Waals surface area contributed by atoms with E-state index in [1.807, 2.05) is 14.1 Å². The number of hydrogen-bond acceptors (Lipinski definition) is 3. The smallest absolute Gasteiger partial charge is 0.0361 e. The molecule has 0 aromatic heterocycles. The fraction of sp³-hybridized carbons (Fsp3) is 0.500. The Hall–Kier alpha value is -1.06. The van der Waals surface area contributed by atoms with E-state index in [4.69, 9.17) is 5.73 Å². The van der Waals surface area contributed by atoms with E-state index in [1.165, 1.54) is 11.3 Å². The van der Waals surface area contributed by atoms with Crippen LogP contribution in [0.5, 0.6) is 0 Å². The summed E-state index contributed by atoms with van der Waals surface area (Å²) in [6.45, 7) is 3.65. The zero-order chi connectivity index (χ0) is 11.3. The number of benzene rings is 1. The van der Waals surface area contributed by atoms with Crippen LogP contribution in [0.2, 0.25) is 0 Å². The van der Waals surface area contributed by atoms with Crippen molar-refractivity contribution in [3.05, 3.63) is 29.8 Å². The molecule has 0 saturated carbocycles. The molecule has 15 heavy (non-hydrogen) atoms. The van der Waals surface area contributed by atoms with Gasteiger partial charge in [0.25, 0.3) is 0 Å². The predicted molar refractivity (Wildman–Crippen MR) is 66.1 cm³/mol. The van der Waals surface area contributed by atoms with Gasteiger partial charge in [-0.25, -0.2) is 0 Å². The van der Waals surface area contributed by atoms with E-state index in [1.54, 1.807) is 0 Å². The summed E-state index contributed by atoms with van der Waals surface area (Å²) >= 11 is 0. The van der Waals surface area contributed by atoms with E-state index in [9.17, 15) is 0 Å². The van der Waals surface area contributed by atoms with Gasteiger partial charge in [-0.2, -0.15) is 0 Å². The number of nitrogens with zero attached hydrogens (tertiary/aromatic N) is 1. The summed E-state index contributed by atoms with van der Waals surface area (Å²) in [5.74, 6) is 0. The van der Waals surface area contributed by atoms with Crippen LogP contribution in [0.25, 0.3) is 0 Å². The summed E-state index contributed by atoms with van der Waals surface area (Å²) in [6, 6.07) is 8.92. The molecule has 0 heterocycles. The summed E-state index contributed by atoms with van der Waals surface area (Å²) in [7, 11) is 4.09. The molecule has 0 aliphatic carbocycles. The number of rotatable bonds is 5. The molecular formula is C12H21N3. The second kappa shape index (κ2) is 5.73. The molecule has 3 nitrogen and oxygen atoms in total. The van der Waals surface area contributed by atoms with Gasteiger partial charge in [0.1, 0.15) is 0 Å². The maximum Gasteiger partial charge on any atom is 0.0361 e. The van der Waals surface area contributed by atoms with Crippen molar-refractivity contribution < 1.29 is 0 Å². The summed E-state index contributed by atoms with van der Waals surface area (Å²) < 4.78 is 0. The van der Waals surface area contributed by atoms with Crippen molar-refractivity contribution in [1.29, 1.82) is 0 Å². The normalized spacial score (nSPS) is 12.5. The van der Waals surface area contributed by atoms with E-state index in [-0.39, 0.29) is 0 Å². The second-order valence-electron chi connectivity index (χ2n) is 4.08. The lowest BCUT2D eigenvalue weighted by Gasteiger charge is -2.14. The summed E-state index contributed by atoms with van der Waals surface area (Å²) in [6.07, 6.45) is 0. The van der Waals surface area contributed by atoms with Crippen LogP contribution in [0.15, 0.2) is 24.3 Å². The highest BCUT2D eigenvalue weighted by Crippen LogP contribution is 2.11. The van der Waals surface area contributed by atoms with Gasteiger partial charge >= 0.3 is 0 Å². The van der Waals surface area contributed by atoms with Gasteiger partial charge in [-0.1, -0.05) is 12.1 Å². The Kier molecular flexibility index (Phi) is 4.59. The molecule has 3 N–H and O–H groups in total. The van der Waals surface area contributed by atoms with Gasteiger partial charge in [0, 0.05) is 38.9 Å². The Bertz CT molecular complexity index is 279. The zero-order valence-electron chi connectivity index (χ0n) is 9.83. The summed E-state index contributed by atoms with van der Waals surface area (Å²) in [5.41, 5.74) is 8.05. The molecule has 0 radical (unpaired) electrons. The lowest BCUT2D eigenvalue weighted by molar-refractivity contribution is 0.556. The minimum atomic E-state index is 0.374. The minimum Gasteiger partial charge on any atom is -0.378 e.